The lowest BCUT2D eigenvalue weighted by Gasteiger charge is -2.36. The van der Waals surface area contributed by atoms with Gasteiger partial charge in [-0.3, -0.25) is 0 Å². The highest BCUT2D eigenvalue weighted by Gasteiger charge is 2.32. The van der Waals surface area contributed by atoms with Crippen LogP contribution < -0.4 is 5.32 Å². The van der Waals surface area contributed by atoms with Crippen molar-refractivity contribution < 1.29 is 14.3 Å². The van der Waals surface area contributed by atoms with Crippen molar-refractivity contribution in [2.45, 2.75) is 32.7 Å². The average Bonchev–Trinajstić information content (AvgIpc) is 2.83. The Hall–Kier alpha value is -0.840. The lowest BCUT2D eigenvalue weighted by Crippen LogP contribution is -2.42. The summed E-state index contributed by atoms with van der Waals surface area (Å²) < 4.78 is 10.9. The summed E-state index contributed by atoms with van der Waals surface area (Å²) in [5, 5.41) is 13.1. The first-order valence-corrected chi connectivity index (χ1v) is 6.63. The molecule has 1 aliphatic rings. The highest BCUT2D eigenvalue weighted by atomic mass is 16.5. The number of aliphatic hydroxyl groups excluding tert-OH is 1. The van der Waals surface area contributed by atoms with Crippen LogP contribution in [0.1, 0.15) is 37.1 Å². The van der Waals surface area contributed by atoms with Crippen LogP contribution in [0.5, 0.6) is 0 Å². The number of ether oxygens (including phenoxy) is 1. The summed E-state index contributed by atoms with van der Waals surface area (Å²) in [6.07, 6.45) is 3.56. The molecule has 0 bridgehead atoms. The minimum absolute atomic E-state index is 0.0347. The summed E-state index contributed by atoms with van der Waals surface area (Å²) in [5.74, 6) is 0.982. The van der Waals surface area contributed by atoms with Crippen LogP contribution in [0.4, 0.5) is 0 Å². The van der Waals surface area contributed by atoms with Crippen LogP contribution in [-0.2, 0) is 4.74 Å². The van der Waals surface area contributed by atoms with Gasteiger partial charge in [0.15, 0.2) is 0 Å². The Morgan fingerprint density at radius 3 is 2.72 bits per heavy atom. The van der Waals surface area contributed by atoms with E-state index in [0.717, 1.165) is 38.4 Å². The number of hydrogen-bond acceptors (Lipinski definition) is 4. The van der Waals surface area contributed by atoms with Gasteiger partial charge >= 0.3 is 0 Å². The van der Waals surface area contributed by atoms with Gasteiger partial charge in [-0.25, -0.2) is 0 Å². The van der Waals surface area contributed by atoms with Crippen LogP contribution in [0.3, 0.4) is 0 Å². The lowest BCUT2D eigenvalue weighted by molar-refractivity contribution is -0.0166. The predicted molar refractivity (Wildman–Crippen MR) is 69.4 cm³/mol. The summed E-state index contributed by atoms with van der Waals surface area (Å²) >= 11 is 0. The summed E-state index contributed by atoms with van der Waals surface area (Å²) in [6.45, 7) is 6.65. The fourth-order valence-corrected chi connectivity index (χ4v) is 2.49. The number of rotatable bonds is 5. The number of aliphatic hydroxyl groups is 1. The van der Waals surface area contributed by atoms with Gasteiger partial charge in [-0.1, -0.05) is 0 Å². The molecule has 2 heterocycles. The molecule has 0 aliphatic carbocycles. The van der Waals surface area contributed by atoms with Crippen LogP contribution in [0, 0.1) is 12.3 Å². The molecule has 18 heavy (non-hydrogen) atoms. The number of nitrogens with one attached hydrogen (secondary N) is 1. The molecule has 1 aromatic rings. The van der Waals surface area contributed by atoms with Crippen molar-refractivity contribution in [3.8, 4) is 0 Å². The van der Waals surface area contributed by atoms with E-state index in [-0.39, 0.29) is 18.1 Å². The van der Waals surface area contributed by atoms with Gasteiger partial charge in [-0.05, 0) is 38.3 Å². The van der Waals surface area contributed by atoms with E-state index in [1.165, 1.54) is 5.56 Å². The first-order valence-electron chi connectivity index (χ1n) is 6.63. The van der Waals surface area contributed by atoms with E-state index in [2.05, 4.69) is 12.2 Å². The second kappa shape index (κ2) is 5.87. The third-order valence-corrected chi connectivity index (χ3v) is 3.97. The fraction of sp³-hybridized carbons (Fsp3) is 0.714. The minimum Gasteiger partial charge on any atom is -0.467 e. The molecule has 1 saturated heterocycles. The zero-order chi connectivity index (χ0) is 13.0. The van der Waals surface area contributed by atoms with E-state index < -0.39 is 0 Å². The molecule has 0 amide bonds. The van der Waals surface area contributed by atoms with Gasteiger partial charge < -0.3 is 19.6 Å². The van der Waals surface area contributed by atoms with E-state index in [0.29, 0.717) is 0 Å². The molecule has 0 spiro atoms. The fourth-order valence-electron chi connectivity index (χ4n) is 2.49. The van der Waals surface area contributed by atoms with Crippen molar-refractivity contribution in [3.05, 3.63) is 23.7 Å². The SMILES string of the molecule is Cc1ccoc1C(C)NCC1(CO)CCOCC1. The Kier molecular flexibility index (Phi) is 4.43. The molecular weight excluding hydrogens is 230 g/mol. The number of aryl methyl sites for hydroxylation is 1. The van der Waals surface area contributed by atoms with Gasteiger partial charge in [0.1, 0.15) is 5.76 Å². The highest BCUT2D eigenvalue weighted by Crippen LogP contribution is 2.30. The van der Waals surface area contributed by atoms with Crippen molar-refractivity contribution in [2.75, 3.05) is 26.4 Å². The largest absolute Gasteiger partial charge is 0.467 e. The second-order valence-corrected chi connectivity index (χ2v) is 5.34. The molecule has 1 aromatic heterocycles. The summed E-state index contributed by atoms with van der Waals surface area (Å²) in [4.78, 5) is 0. The van der Waals surface area contributed by atoms with Crippen molar-refractivity contribution in [3.63, 3.8) is 0 Å². The topological polar surface area (TPSA) is 54.6 Å². The molecule has 1 aliphatic heterocycles. The van der Waals surface area contributed by atoms with E-state index in [4.69, 9.17) is 9.15 Å². The number of hydrogen-bond donors (Lipinski definition) is 2. The van der Waals surface area contributed by atoms with Gasteiger partial charge in [0.25, 0.3) is 0 Å². The van der Waals surface area contributed by atoms with Crippen molar-refractivity contribution >= 4 is 0 Å². The average molecular weight is 253 g/mol. The maximum absolute atomic E-state index is 9.62. The Labute approximate surface area is 108 Å². The number of furan rings is 1. The summed E-state index contributed by atoms with van der Waals surface area (Å²) in [5.41, 5.74) is 1.13. The maximum Gasteiger partial charge on any atom is 0.123 e. The molecule has 2 N–H and O–H groups in total. The Morgan fingerprint density at radius 2 is 2.17 bits per heavy atom. The van der Waals surface area contributed by atoms with Crippen LogP contribution in [0.2, 0.25) is 0 Å². The van der Waals surface area contributed by atoms with Crippen LogP contribution >= 0.6 is 0 Å². The van der Waals surface area contributed by atoms with Crippen molar-refractivity contribution in [1.29, 1.82) is 0 Å². The molecule has 102 valence electrons. The Bertz CT molecular complexity index is 369. The third kappa shape index (κ3) is 2.94. The minimum atomic E-state index is -0.0347. The summed E-state index contributed by atoms with van der Waals surface area (Å²) in [6, 6.07) is 2.15. The quantitative estimate of drug-likeness (QED) is 0.843. The normalized spacial score (nSPS) is 20.8. The van der Waals surface area contributed by atoms with Crippen LogP contribution in [0.25, 0.3) is 0 Å². The summed E-state index contributed by atoms with van der Waals surface area (Å²) in [7, 11) is 0. The Morgan fingerprint density at radius 1 is 1.44 bits per heavy atom. The molecular formula is C14H23NO3. The van der Waals surface area contributed by atoms with Gasteiger partial charge in [0.2, 0.25) is 0 Å². The standard InChI is InChI=1S/C14H23NO3/c1-11-3-6-18-13(11)12(2)15-9-14(10-16)4-7-17-8-5-14/h3,6,12,15-16H,4-5,7-10H2,1-2H3. The molecule has 0 aromatic carbocycles. The molecule has 0 radical (unpaired) electrons. The predicted octanol–water partition coefficient (Wildman–Crippen LogP) is 2.03. The van der Waals surface area contributed by atoms with Crippen molar-refractivity contribution in [2.24, 2.45) is 5.41 Å². The van der Waals surface area contributed by atoms with Crippen LogP contribution in [-0.4, -0.2) is 31.5 Å². The molecule has 0 saturated carbocycles. The van der Waals surface area contributed by atoms with Crippen molar-refractivity contribution in [1.82, 2.24) is 5.32 Å². The molecule has 2 rings (SSSR count). The third-order valence-electron chi connectivity index (χ3n) is 3.97. The van der Waals surface area contributed by atoms with Gasteiger partial charge in [0, 0.05) is 25.2 Å². The zero-order valence-electron chi connectivity index (χ0n) is 11.2. The molecule has 4 heteroatoms. The Balaban J connectivity index is 1.92. The monoisotopic (exact) mass is 253 g/mol. The second-order valence-electron chi connectivity index (χ2n) is 5.34. The smallest absolute Gasteiger partial charge is 0.123 e. The van der Waals surface area contributed by atoms with Gasteiger partial charge in [0.05, 0.1) is 18.9 Å². The molecule has 1 atom stereocenters. The maximum atomic E-state index is 9.62. The molecule has 1 fully saturated rings. The first-order chi connectivity index (χ1) is 8.67. The molecule has 4 nitrogen and oxygen atoms in total. The van der Waals surface area contributed by atoms with Crippen LogP contribution in [0.15, 0.2) is 16.7 Å². The van der Waals surface area contributed by atoms with E-state index in [1.807, 2.05) is 13.0 Å². The highest BCUT2D eigenvalue weighted by molar-refractivity contribution is 5.17. The first kappa shape index (κ1) is 13.6. The molecule has 1 unspecified atom stereocenters. The van der Waals surface area contributed by atoms with E-state index in [9.17, 15) is 5.11 Å². The van der Waals surface area contributed by atoms with E-state index in [1.54, 1.807) is 6.26 Å². The zero-order valence-corrected chi connectivity index (χ0v) is 11.2. The lowest BCUT2D eigenvalue weighted by atomic mass is 9.81. The van der Waals surface area contributed by atoms with Gasteiger partial charge in [-0.2, -0.15) is 0 Å². The van der Waals surface area contributed by atoms with E-state index >= 15 is 0 Å². The van der Waals surface area contributed by atoms with Gasteiger partial charge in [-0.15, -0.1) is 0 Å².